The molecular formula is C16H27BrN2. The Bertz CT molecular complexity index is 392. The summed E-state index contributed by atoms with van der Waals surface area (Å²) in [6, 6.07) is 6.70. The van der Waals surface area contributed by atoms with Gasteiger partial charge >= 0.3 is 0 Å². The smallest absolute Gasteiger partial charge is 0.0244 e. The number of nitrogens with one attached hydrogen (secondary N) is 1. The van der Waals surface area contributed by atoms with Crippen LogP contribution in [0.3, 0.4) is 0 Å². The van der Waals surface area contributed by atoms with Gasteiger partial charge in [-0.3, -0.25) is 4.90 Å². The summed E-state index contributed by atoms with van der Waals surface area (Å²) in [5.41, 5.74) is 2.85. The van der Waals surface area contributed by atoms with Gasteiger partial charge in [-0.25, -0.2) is 0 Å². The van der Waals surface area contributed by atoms with Gasteiger partial charge in [-0.2, -0.15) is 0 Å². The zero-order valence-corrected chi connectivity index (χ0v) is 14.5. The quantitative estimate of drug-likeness (QED) is 0.843. The van der Waals surface area contributed by atoms with Crippen molar-refractivity contribution < 1.29 is 0 Å². The highest BCUT2D eigenvalue weighted by molar-refractivity contribution is 9.10. The molecule has 1 aromatic carbocycles. The van der Waals surface area contributed by atoms with Crippen molar-refractivity contribution in [2.45, 2.75) is 53.2 Å². The van der Waals surface area contributed by atoms with E-state index in [0.29, 0.717) is 0 Å². The molecule has 0 fully saturated rings. The number of rotatable bonds is 6. The molecule has 0 aliphatic rings. The summed E-state index contributed by atoms with van der Waals surface area (Å²) in [5, 5.41) is 3.52. The molecule has 0 radical (unpaired) electrons. The fourth-order valence-corrected chi connectivity index (χ4v) is 2.44. The number of halogens is 1. The highest BCUT2D eigenvalue weighted by Crippen LogP contribution is 2.20. The van der Waals surface area contributed by atoms with Crippen molar-refractivity contribution in [3.8, 4) is 0 Å². The molecule has 0 aromatic heterocycles. The van der Waals surface area contributed by atoms with E-state index in [4.69, 9.17) is 0 Å². The summed E-state index contributed by atoms with van der Waals surface area (Å²) < 4.78 is 1.22. The first-order valence-corrected chi connectivity index (χ1v) is 7.89. The monoisotopic (exact) mass is 326 g/mol. The Labute approximate surface area is 126 Å². The fraction of sp³-hybridized carbons (Fsp3) is 0.625. The SMILES string of the molecule is CCN(CC)Cc1ccc(CNC(C)(C)C)cc1Br. The molecule has 0 heterocycles. The second-order valence-corrected chi connectivity index (χ2v) is 6.85. The van der Waals surface area contributed by atoms with Gasteiger partial charge in [-0.1, -0.05) is 41.9 Å². The van der Waals surface area contributed by atoms with E-state index in [-0.39, 0.29) is 5.54 Å². The van der Waals surface area contributed by atoms with E-state index in [0.717, 1.165) is 26.2 Å². The Balaban J connectivity index is 2.69. The first-order chi connectivity index (χ1) is 8.85. The van der Waals surface area contributed by atoms with Gasteiger partial charge in [0.05, 0.1) is 0 Å². The summed E-state index contributed by atoms with van der Waals surface area (Å²) >= 11 is 3.70. The number of hydrogen-bond donors (Lipinski definition) is 1. The van der Waals surface area contributed by atoms with Gasteiger partial charge in [0, 0.05) is 23.1 Å². The third-order valence-corrected chi connectivity index (χ3v) is 3.97. The molecule has 0 saturated heterocycles. The van der Waals surface area contributed by atoms with Crippen LogP contribution in [0.4, 0.5) is 0 Å². The molecule has 0 aliphatic carbocycles. The van der Waals surface area contributed by atoms with Crippen molar-refractivity contribution in [3.05, 3.63) is 33.8 Å². The van der Waals surface area contributed by atoms with E-state index in [9.17, 15) is 0 Å². The molecule has 108 valence electrons. The molecule has 0 saturated carbocycles. The molecule has 0 bridgehead atoms. The average Bonchev–Trinajstić information content (AvgIpc) is 2.34. The van der Waals surface area contributed by atoms with E-state index in [2.05, 4.69) is 79.0 Å². The standard InChI is InChI=1S/C16H27BrN2/c1-6-19(7-2)12-14-9-8-13(10-15(14)17)11-18-16(3,4)5/h8-10,18H,6-7,11-12H2,1-5H3. The summed E-state index contributed by atoms with van der Waals surface area (Å²) in [7, 11) is 0. The maximum atomic E-state index is 3.70. The normalized spacial score (nSPS) is 12.2. The lowest BCUT2D eigenvalue weighted by Crippen LogP contribution is -2.35. The highest BCUT2D eigenvalue weighted by atomic mass is 79.9. The van der Waals surface area contributed by atoms with E-state index in [1.54, 1.807) is 0 Å². The first kappa shape index (κ1) is 16.7. The molecule has 2 nitrogen and oxygen atoms in total. The molecule has 0 amide bonds. The van der Waals surface area contributed by atoms with E-state index >= 15 is 0 Å². The molecule has 1 N–H and O–H groups in total. The van der Waals surface area contributed by atoms with Gasteiger partial charge < -0.3 is 5.32 Å². The van der Waals surface area contributed by atoms with Crippen LogP contribution in [0.2, 0.25) is 0 Å². The predicted octanol–water partition coefficient (Wildman–Crippen LogP) is 4.18. The van der Waals surface area contributed by atoms with Crippen LogP contribution < -0.4 is 5.32 Å². The van der Waals surface area contributed by atoms with Crippen LogP contribution in [-0.4, -0.2) is 23.5 Å². The Morgan fingerprint density at radius 2 is 1.79 bits per heavy atom. The topological polar surface area (TPSA) is 15.3 Å². The maximum Gasteiger partial charge on any atom is 0.0244 e. The van der Waals surface area contributed by atoms with Crippen LogP contribution in [0.5, 0.6) is 0 Å². The largest absolute Gasteiger partial charge is 0.308 e. The van der Waals surface area contributed by atoms with E-state index in [1.807, 2.05) is 0 Å². The van der Waals surface area contributed by atoms with Crippen molar-refractivity contribution in [2.75, 3.05) is 13.1 Å². The molecule has 1 rings (SSSR count). The van der Waals surface area contributed by atoms with Crippen molar-refractivity contribution in [1.29, 1.82) is 0 Å². The minimum atomic E-state index is 0.159. The van der Waals surface area contributed by atoms with Crippen molar-refractivity contribution in [1.82, 2.24) is 10.2 Å². The summed E-state index contributed by atoms with van der Waals surface area (Å²) in [6.45, 7) is 15.1. The van der Waals surface area contributed by atoms with Crippen LogP contribution in [0.1, 0.15) is 45.7 Å². The Morgan fingerprint density at radius 1 is 1.16 bits per heavy atom. The molecular weight excluding hydrogens is 300 g/mol. The van der Waals surface area contributed by atoms with Gasteiger partial charge in [0.25, 0.3) is 0 Å². The fourth-order valence-electron chi connectivity index (χ4n) is 1.88. The zero-order valence-electron chi connectivity index (χ0n) is 12.9. The number of benzene rings is 1. The minimum Gasteiger partial charge on any atom is -0.308 e. The van der Waals surface area contributed by atoms with Gasteiger partial charge in [0.2, 0.25) is 0 Å². The first-order valence-electron chi connectivity index (χ1n) is 7.10. The number of hydrogen-bond acceptors (Lipinski definition) is 2. The van der Waals surface area contributed by atoms with E-state index < -0.39 is 0 Å². The van der Waals surface area contributed by atoms with Crippen LogP contribution in [0, 0.1) is 0 Å². The van der Waals surface area contributed by atoms with Gasteiger partial charge in [-0.15, -0.1) is 0 Å². The number of nitrogens with zero attached hydrogens (tertiary/aromatic N) is 1. The molecule has 1 aromatic rings. The summed E-state index contributed by atoms with van der Waals surface area (Å²) in [6.07, 6.45) is 0. The minimum absolute atomic E-state index is 0.159. The molecule has 3 heteroatoms. The lowest BCUT2D eigenvalue weighted by Gasteiger charge is -2.22. The summed E-state index contributed by atoms with van der Waals surface area (Å²) in [4.78, 5) is 2.42. The highest BCUT2D eigenvalue weighted by Gasteiger charge is 2.10. The molecule has 0 atom stereocenters. The average molecular weight is 327 g/mol. The van der Waals surface area contributed by atoms with Gasteiger partial charge in [0.1, 0.15) is 0 Å². The lowest BCUT2D eigenvalue weighted by molar-refractivity contribution is 0.295. The van der Waals surface area contributed by atoms with Crippen molar-refractivity contribution in [2.24, 2.45) is 0 Å². The predicted molar refractivity (Wildman–Crippen MR) is 87.4 cm³/mol. The Hall–Kier alpha value is -0.380. The molecule has 19 heavy (non-hydrogen) atoms. The van der Waals surface area contributed by atoms with E-state index in [1.165, 1.54) is 15.6 Å². The second-order valence-electron chi connectivity index (χ2n) is 5.99. The summed E-state index contributed by atoms with van der Waals surface area (Å²) in [5.74, 6) is 0. The maximum absolute atomic E-state index is 3.70. The van der Waals surface area contributed by atoms with Crippen LogP contribution in [-0.2, 0) is 13.1 Å². The molecule has 0 aliphatic heterocycles. The molecule has 0 unspecified atom stereocenters. The van der Waals surface area contributed by atoms with Gasteiger partial charge in [0.15, 0.2) is 0 Å². The molecule has 0 spiro atoms. The van der Waals surface area contributed by atoms with Crippen molar-refractivity contribution >= 4 is 15.9 Å². The Morgan fingerprint density at radius 3 is 2.26 bits per heavy atom. The third-order valence-electron chi connectivity index (χ3n) is 3.23. The zero-order chi connectivity index (χ0) is 14.5. The van der Waals surface area contributed by atoms with Crippen molar-refractivity contribution in [3.63, 3.8) is 0 Å². The van der Waals surface area contributed by atoms with Crippen LogP contribution in [0.25, 0.3) is 0 Å². The van der Waals surface area contributed by atoms with Crippen LogP contribution >= 0.6 is 15.9 Å². The Kier molecular flexibility index (Phi) is 6.51. The second kappa shape index (κ2) is 7.41. The van der Waals surface area contributed by atoms with Crippen LogP contribution in [0.15, 0.2) is 22.7 Å². The third kappa shape index (κ3) is 6.07. The van der Waals surface area contributed by atoms with Gasteiger partial charge in [-0.05, 0) is 51.1 Å². The lowest BCUT2D eigenvalue weighted by atomic mass is 10.1.